The molecule has 1 saturated carbocycles. The van der Waals surface area contributed by atoms with Gasteiger partial charge in [-0.2, -0.15) is 0 Å². The minimum atomic E-state index is -0.568. The molecule has 1 aromatic rings. The molecule has 0 radical (unpaired) electrons. The second-order valence-electron chi connectivity index (χ2n) is 6.11. The maximum atomic E-state index is 13.9. The molecule has 2 rings (SSSR count). The van der Waals surface area contributed by atoms with Crippen LogP contribution in [0.25, 0.3) is 0 Å². The molecule has 21 heavy (non-hydrogen) atoms. The standard InChI is InChI=1S/C16H24F2N2O/c1-11-5-7-16(21-2,8-6-11)15(20-19)9-12-3-4-13(17)10-14(12)18/h3-4,10-11,15,20H,5-9,19H2,1-2H3. The summed E-state index contributed by atoms with van der Waals surface area (Å²) >= 11 is 0. The Morgan fingerprint density at radius 3 is 2.57 bits per heavy atom. The van der Waals surface area contributed by atoms with Crippen LogP contribution in [0.15, 0.2) is 18.2 Å². The van der Waals surface area contributed by atoms with E-state index in [2.05, 4.69) is 12.3 Å². The lowest BCUT2D eigenvalue weighted by Gasteiger charge is -2.43. The van der Waals surface area contributed by atoms with Crippen molar-refractivity contribution >= 4 is 0 Å². The van der Waals surface area contributed by atoms with E-state index in [1.165, 1.54) is 12.1 Å². The molecular weight excluding hydrogens is 274 g/mol. The third-order valence-electron chi connectivity index (χ3n) is 4.80. The number of hydrazine groups is 1. The molecule has 3 nitrogen and oxygen atoms in total. The van der Waals surface area contributed by atoms with Crippen LogP contribution in [-0.2, 0) is 11.2 Å². The molecule has 0 spiro atoms. The number of benzene rings is 1. The van der Waals surface area contributed by atoms with Gasteiger partial charge in [0.2, 0.25) is 0 Å². The lowest BCUT2D eigenvalue weighted by atomic mass is 9.74. The molecular formula is C16H24F2N2O. The van der Waals surface area contributed by atoms with Crippen LogP contribution in [0.2, 0.25) is 0 Å². The van der Waals surface area contributed by atoms with Gasteiger partial charge >= 0.3 is 0 Å². The summed E-state index contributed by atoms with van der Waals surface area (Å²) < 4.78 is 32.6. The number of rotatable bonds is 5. The molecule has 1 aliphatic carbocycles. The Labute approximate surface area is 124 Å². The van der Waals surface area contributed by atoms with E-state index in [9.17, 15) is 8.78 Å². The van der Waals surface area contributed by atoms with Crippen molar-refractivity contribution in [2.45, 2.75) is 50.7 Å². The second-order valence-corrected chi connectivity index (χ2v) is 6.11. The first-order valence-corrected chi connectivity index (χ1v) is 7.46. The molecule has 0 aliphatic heterocycles. The minimum absolute atomic E-state index is 0.199. The fourth-order valence-electron chi connectivity index (χ4n) is 3.25. The van der Waals surface area contributed by atoms with Crippen LogP contribution in [0.4, 0.5) is 8.78 Å². The second kappa shape index (κ2) is 6.81. The van der Waals surface area contributed by atoms with Crippen molar-refractivity contribution in [3.05, 3.63) is 35.4 Å². The average Bonchev–Trinajstić information content (AvgIpc) is 2.48. The number of ether oxygens (including phenoxy) is 1. The van der Waals surface area contributed by atoms with Crippen LogP contribution in [0.1, 0.15) is 38.2 Å². The number of nitrogens with two attached hydrogens (primary N) is 1. The third kappa shape index (κ3) is 3.59. The van der Waals surface area contributed by atoms with Gasteiger partial charge in [0.05, 0.1) is 11.6 Å². The van der Waals surface area contributed by atoms with Crippen LogP contribution < -0.4 is 11.3 Å². The van der Waals surface area contributed by atoms with E-state index >= 15 is 0 Å². The van der Waals surface area contributed by atoms with Gasteiger partial charge in [-0.15, -0.1) is 0 Å². The lowest BCUT2D eigenvalue weighted by Crippen LogP contribution is -2.57. The minimum Gasteiger partial charge on any atom is -0.377 e. The molecule has 0 bridgehead atoms. The zero-order valence-electron chi connectivity index (χ0n) is 12.7. The lowest BCUT2D eigenvalue weighted by molar-refractivity contribution is -0.0747. The van der Waals surface area contributed by atoms with Gasteiger partial charge < -0.3 is 4.74 Å². The fraction of sp³-hybridized carbons (Fsp3) is 0.625. The van der Waals surface area contributed by atoms with Crippen molar-refractivity contribution in [2.24, 2.45) is 11.8 Å². The number of hydrogen-bond acceptors (Lipinski definition) is 3. The zero-order valence-corrected chi connectivity index (χ0v) is 12.7. The maximum absolute atomic E-state index is 13.9. The fourth-order valence-corrected chi connectivity index (χ4v) is 3.25. The van der Waals surface area contributed by atoms with E-state index in [0.29, 0.717) is 17.9 Å². The van der Waals surface area contributed by atoms with Crippen LogP contribution in [0, 0.1) is 17.6 Å². The summed E-state index contributed by atoms with van der Waals surface area (Å²) in [5.41, 5.74) is 2.85. The van der Waals surface area contributed by atoms with Crippen molar-refractivity contribution in [2.75, 3.05) is 7.11 Å². The smallest absolute Gasteiger partial charge is 0.129 e. The van der Waals surface area contributed by atoms with E-state index in [4.69, 9.17) is 10.6 Å². The molecule has 0 amide bonds. The molecule has 1 aliphatic rings. The van der Waals surface area contributed by atoms with Crippen LogP contribution >= 0.6 is 0 Å². The van der Waals surface area contributed by atoms with E-state index < -0.39 is 11.6 Å². The highest BCUT2D eigenvalue weighted by Crippen LogP contribution is 2.37. The third-order valence-corrected chi connectivity index (χ3v) is 4.80. The van der Waals surface area contributed by atoms with Crippen LogP contribution in [-0.4, -0.2) is 18.8 Å². The van der Waals surface area contributed by atoms with Crippen molar-refractivity contribution in [1.82, 2.24) is 5.43 Å². The van der Waals surface area contributed by atoms with Gasteiger partial charge in [0, 0.05) is 13.2 Å². The summed E-state index contributed by atoms with van der Waals surface area (Å²) in [4.78, 5) is 0. The summed E-state index contributed by atoms with van der Waals surface area (Å²) in [7, 11) is 1.68. The molecule has 0 aromatic heterocycles. The quantitative estimate of drug-likeness (QED) is 0.649. The molecule has 0 heterocycles. The zero-order chi connectivity index (χ0) is 15.5. The monoisotopic (exact) mass is 298 g/mol. The Balaban J connectivity index is 2.17. The van der Waals surface area contributed by atoms with Crippen molar-refractivity contribution in [3.63, 3.8) is 0 Å². The first-order chi connectivity index (χ1) is 10.0. The first-order valence-electron chi connectivity index (χ1n) is 7.46. The molecule has 1 unspecified atom stereocenters. The van der Waals surface area contributed by atoms with Gasteiger partial charge in [-0.25, -0.2) is 8.78 Å². The Kier molecular flexibility index (Phi) is 5.30. The summed E-state index contributed by atoms with van der Waals surface area (Å²) in [5.74, 6) is 5.27. The van der Waals surface area contributed by atoms with Crippen molar-refractivity contribution < 1.29 is 13.5 Å². The van der Waals surface area contributed by atoms with Gasteiger partial charge in [-0.05, 0) is 49.7 Å². The summed E-state index contributed by atoms with van der Waals surface area (Å²) in [6.07, 6.45) is 4.30. The van der Waals surface area contributed by atoms with Crippen LogP contribution in [0.5, 0.6) is 0 Å². The number of methoxy groups -OCH3 is 1. The predicted molar refractivity (Wildman–Crippen MR) is 78.5 cm³/mol. The molecule has 3 N–H and O–H groups in total. The summed E-state index contributed by atoms with van der Waals surface area (Å²) in [6.45, 7) is 2.23. The van der Waals surface area contributed by atoms with Gasteiger partial charge in [0.25, 0.3) is 0 Å². The van der Waals surface area contributed by atoms with Gasteiger partial charge in [-0.3, -0.25) is 11.3 Å². The van der Waals surface area contributed by atoms with E-state index in [0.717, 1.165) is 31.7 Å². The predicted octanol–water partition coefficient (Wildman–Crippen LogP) is 2.93. The van der Waals surface area contributed by atoms with Gasteiger partial charge in [0.1, 0.15) is 11.6 Å². The SMILES string of the molecule is COC1(C(Cc2ccc(F)cc2F)NN)CCC(C)CC1. The number of hydrogen-bond donors (Lipinski definition) is 2. The van der Waals surface area contributed by atoms with E-state index in [1.54, 1.807) is 7.11 Å². The molecule has 1 atom stereocenters. The average molecular weight is 298 g/mol. The Morgan fingerprint density at radius 2 is 2.05 bits per heavy atom. The summed E-state index contributed by atoms with van der Waals surface area (Å²) in [5, 5.41) is 0. The van der Waals surface area contributed by atoms with Crippen LogP contribution in [0.3, 0.4) is 0 Å². The molecule has 1 fully saturated rings. The molecule has 5 heteroatoms. The Hall–Kier alpha value is -1.04. The normalized spacial score (nSPS) is 27.6. The molecule has 118 valence electrons. The number of nitrogens with one attached hydrogen (secondary N) is 1. The highest BCUT2D eigenvalue weighted by molar-refractivity contribution is 5.20. The summed E-state index contributed by atoms with van der Waals surface area (Å²) in [6, 6.07) is 3.46. The van der Waals surface area contributed by atoms with E-state index in [-0.39, 0.29) is 11.6 Å². The molecule has 0 saturated heterocycles. The van der Waals surface area contributed by atoms with Gasteiger partial charge in [-0.1, -0.05) is 13.0 Å². The Morgan fingerprint density at radius 1 is 1.38 bits per heavy atom. The van der Waals surface area contributed by atoms with Gasteiger partial charge in [0.15, 0.2) is 0 Å². The first kappa shape index (κ1) is 16.3. The Bertz CT molecular complexity index is 473. The highest BCUT2D eigenvalue weighted by atomic mass is 19.1. The topological polar surface area (TPSA) is 47.3 Å². The number of halogens is 2. The maximum Gasteiger partial charge on any atom is 0.129 e. The van der Waals surface area contributed by atoms with Crippen molar-refractivity contribution in [1.29, 1.82) is 0 Å². The van der Waals surface area contributed by atoms with E-state index in [1.807, 2.05) is 0 Å². The highest BCUT2D eigenvalue weighted by Gasteiger charge is 2.41. The molecule has 1 aromatic carbocycles. The largest absolute Gasteiger partial charge is 0.377 e. The van der Waals surface area contributed by atoms with Crippen molar-refractivity contribution in [3.8, 4) is 0 Å².